The zero-order chi connectivity index (χ0) is 13.5. The van der Waals surface area contributed by atoms with Crippen molar-refractivity contribution < 1.29 is 4.79 Å². The summed E-state index contributed by atoms with van der Waals surface area (Å²) < 4.78 is 0. The quantitative estimate of drug-likeness (QED) is 0.850. The molecule has 1 atom stereocenters. The second-order valence-electron chi connectivity index (χ2n) is 5.17. The maximum absolute atomic E-state index is 12.2. The largest absolute Gasteiger partial charge is 0.341 e. The van der Waals surface area contributed by atoms with E-state index in [2.05, 4.69) is 36.5 Å². The topological polar surface area (TPSA) is 32.3 Å². The Hall–Kier alpha value is -1.35. The third-order valence-corrected chi connectivity index (χ3v) is 3.72. The Balaban J connectivity index is 1.77. The van der Waals surface area contributed by atoms with Crippen LogP contribution in [0.3, 0.4) is 0 Å². The number of likely N-dealkylation sites (tertiary alicyclic amines) is 1. The third kappa shape index (κ3) is 4.06. The van der Waals surface area contributed by atoms with Crippen molar-refractivity contribution in [2.24, 2.45) is 0 Å². The molecule has 1 aromatic rings. The van der Waals surface area contributed by atoms with Gasteiger partial charge in [-0.2, -0.15) is 0 Å². The summed E-state index contributed by atoms with van der Waals surface area (Å²) in [6.07, 6.45) is 4.21. The molecule has 0 radical (unpaired) electrons. The molecule has 0 spiro atoms. The zero-order valence-electron chi connectivity index (χ0n) is 11.8. The highest BCUT2D eigenvalue weighted by molar-refractivity contribution is 5.82. The van der Waals surface area contributed by atoms with Gasteiger partial charge in [0, 0.05) is 13.1 Å². The Bertz CT molecular complexity index is 389. The lowest BCUT2D eigenvalue weighted by Gasteiger charge is -2.32. The Morgan fingerprint density at radius 2 is 2.11 bits per heavy atom. The molecule has 0 saturated carbocycles. The molecular weight excluding hydrogens is 236 g/mol. The number of rotatable bonds is 6. The number of likely N-dealkylation sites (N-methyl/N-ethyl adjacent to an activating group) is 1. The van der Waals surface area contributed by atoms with Crippen LogP contribution in [0.1, 0.15) is 31.7 Å². The molecule has 1 heterocycles. The molecule has 1 aliphatic heterocycles. The van der Waals surface area contributed by atoms with Gasteiger partial charge in [-0.15, -0.1) is 0 Å². The van der Waals surface area contributed by atoms with Crippen molar-refractivity contribution in [3.8, 4) is 0 Å². The summed E-state index contributed by atoms with van der Waals surface area (Å²) in [5, 5.41) is 3.28. The SMILES string of the molecule is CCNC1CCCN(CCCc2ccccc2)C1=O. The van der Waals surface area contributed by atoms with Gasteiger partial charge in [0.1, 0.15) is 0 Å². The molecule has 1 aromatic carbocycles. The fourth-order valence-corrected chi connectivity index (χ4v) is 2.72. The van der Waals surface area contributed by atoms with Gasteiger partial charge in [-0.1, -0.05) is 37.3 Å². The van der Waals surface area contributed by atoms with Gasteiger partial charge in [0.2, 0.25) is 5.91 Å². The van der Waals surface area contributed by atoms with Gasteiger partial charge in [0.05, 0.1) is 6.04 Å². The highest BCUT2D eigenvalue weighted by Gasteiger charge is 2.27. The van der Waals surface area contributed by atoms with E-state index in [0.29, 0.717) is 5.91 Å². The van der Waals surface area contributed by atoms with Crippen LogP contribution in [-0.4, -0.2) is 36.5 Å². The Morgan fingerprint density at radius 3 is 2.84 bits per heavy atom. The summed E-state index contributed by atoms with van der Waals surface area (Å²) in [5.41, 5.74) is 1.36. The van der Waals surface area contributed by atoms with Gasteiger partial charge < -0.3 is 10.2 Å². The van der Waals surface area contributed by atoms with Crippen molar-refractivity contribution in [3.63, 3.8) is 0 Å². The van der Waals surface area contributed by atoms with E-state index >= 15 is 0 Å². The minimum Gasteiger partial charge on any atom is -0.341 e. The fraction of sp³-hybridized carbons (Fsp3) is 0.562. The molecule has 104 valence electrons. The summed E-state index contributed by atoms with van der Waals surface area (Å²) >= 11 is 0. The number of nitrogens with zero attached hydrogens (tertiary/aromatic N) is 1. The van der Waals surface area contributed by atoms with Crippen LogP contribution in [0.15, 0.2) is 30.3 Å². The van der Waals surface area contributed by atoms with Crippen molar-refractivity contribution in [1.29, 1.82) is 0 Å². The van der Waals surface area contributed by atoms with E-state index in [4.69, 9.17) is 0 Å². The number of benzene rings is 1. The number of aryl methyl sites for hydroxylation is 1. The van der Waals surface area contributed by atoms with Gasteiger partial charge in [-0.3, -0.25) is 4.79 Å². The number of piperidine rings is 1. The van der Waals surface area contributed by atoms with Gasteiger partial charge in [-0.05, 0) is 37.8 Å². The molecule has 3 nitrogen and oxygen atoms in total. The minimum absolute atomic E-state index is 0.0514. The van der Waals surface area contributed by atoms with E-state index in [0.717, 1.165) is 45.3 Å². The lowest BCUT2D eigenvalue weighted by Crippen LogP contribution is -2.50. The minimum atomic E-state index is 0.0514. The van der Waals surface area contributed by atoms with Crippen LogP contribution in [0.25, 0.3) is 0 Å². The average Bonchev–Trinajstić information content (AvgIpc) is 2.44. The van der Waals surface area contributed by atoms with E-state index in [9.17, 15) is 4.79 Å². The lowest BCUT2D eigenvalue weighted by molar-refractivity contribution is -0.136. The normalized spacial score (nSPS) is 19.7. The van der Waals surface area contributed by atoms with Crippen molar-refractivity contribution in [2.75, 3.05) is 19.6 Å². The zero-order valence-corrected chi connectivity index (χ0v) is 11.8. The first-order chi connectivity index (χ1) is 9.31. The Morgan fingerprint density at radius 1 is 1.32 bits per heavy atom. The first-order valence-corrected chi connectivity index (χ1v) is 7.37. The summed E-state index contributed by atoms with van der Waals surface area (Å²) in [5.74, 6) is 0.293. The first kappa shape index (κ1) is 14.1. The van der Waals surface area contributed by atoms with Crippen LogP contribution in [0, 0.1) is 0 Å². The van der Waals surface area contributed by atoms with Crippen molar-refractivity contribution >= 4 is 5.91 Å². The van der Waals surface area contributed by atoms with Crippen LogP contribution in [-0.2, 0) is 11.2 Å². The van der Waals surface area contributed by atoms with Crippen LogP contribution in [0.5, 0.6) is 0 Å². The van der Waals surface area contributed by atoms with Crippen LogP contribution in [0.4, 0.5) is 0 Å². The monoisotopic (exact) mass is 260 g/mol. The Labute approximate surface area is 116 Å². The molecule has 1 N–H and O–H groups in total. The number of nitrogens with one attached hydrogen (secondary N) is 1. The number of carbonyl (C=O) groups is 1. The van der Waals surface area contributed by atoms with E-state index in [-0.39, 0.29) is 6.04 Å². The van der Waals surface area contributed by atoms with Crippen LogP contribution in [0.2, 0.25) is 0 Å². The molecule has 0 aliphatic carbocycles. The summed E-state index contributed by atoms with van der Waals surface area (Å²) in [6.45, 7) is 4.74. The summed E-state index contributed by atoms with van der Waals surface area (Å²) in [6, 6.07) is 10.5. The predicted molar refractivity (Wildman–Crippen MR) is 78.0 cm³/mol. The van der Waals surface area contributed by atoms with E-state index in [1.807, 2.05) is 11.0 Å². The molecule has 1 unspecified atom stereocenters. The van der Waals surface area contributed by atoms with E-state index < -0.39 is 0 Å². The number of hydrogen-bond acceptors (Lipinski definition) is 2. The molecule has 3 heteroatoms. The molecular formula is C16H24N2O. The fourth-order valence-electron chi connectivity index (χ4n) is 2.72. The summed E-state index contributed by atoms with van der Waals surface area (Å²) in [7, 11) is 0. The van der Waals surface area contributed by atoms with Gasteiger partial charge in [-0.25, -0.2) is 0 Å². The maximum Gasteiger partial charge on any atom is 0.239 e. The second-order valence-corrected chi connectivity index (χ2v) is 5.17. The highest BCUT2D eigenvalue weighted by atomic mass is 16.2. The van der Waals surface area contributed by atoms with E-state index in [1.54, 1.807) is 0 Å². The van der Waals surface area contributed by atoms with Crippen LogP contribution >= 0.6 is 0 Å². The maximum atomic E-state index is 12.2. The number of amides is 1. The molecule has 0 bridgehead atoms. The second kappa shape index (κ2) is 7.29. The van der Waals surface area contributed by atoms with Gasteiger partial charge in [0.15, 0.2) is 0 Å². The van der Waals surface area contributed by atoms with Gasteiger partial charge >= 0.3 is 0 Å². The number of hydrogen-bond donors (Lipinski definition) is 1. The van der Waals surface area contributed by atoms with Gasteiger partial charge in [0.25, 0.3) is 0 Å². The molecule has 2 rings (SSSR count). The lowest BCUT2D eigenvalue weighted by atomic mass is 10.0. The van der Waals surface area contributed by atoms with Crippen molar-refractivity contribution in [2.45, 2.75) is 38.6 Å². The molecule has 19 heavy (non-hydrogen) atoms. The van der Waals surface area contributed by atoms with Crippen molar-refractivity contribution in [1.82, 2.24) is 10.2 Å². The van der Waals surface area contributed by atoms with E-state index in [1.165, 1.54) is 5.56 Å². The molecule has 1 aliphatic rings. The molecule has 1 amide bonds. The predicted octanol–water partition coefficient (Wildman–Crippen LogP) is 2.22. The highest BCUT2D eigenvalue weighted by Crippen LogP contribution is 2.13. The molecule has 1 fully saturated rings. The number of carbonyl (C=O) groups excluding carboxylic acids is 1. The first-order valence-electron chi connectivity index (χ1n) is 7.37. The summed E-state index contributed by atoms with van der Waals surface area (Å²) in [4.78, 5) is 14.2. The van der Waals surface area contributed by atoms with Crippen LogP contribution < -0.4 is 5.32 Å². The molecule has 0 aromatic heterocycles. The molecule has 1 saturated heterocycles. The third-order valence-electron chi connectivity index (χ3n) is 3.72. The standard InChI is InChI=1S/C16H24N2O/c1-2-17-15-11-7-13-18(16(15)19)12-6-10-14-8-4-3-5-9-14/h3-5,8-9,15,17H,2,6-7,10-13H2,1H3. The van der Waals surface area contributed by atoms with Crippen molar-refractivity contribution in [3.05, 3.63) is 35.9 Å². The Kier molecular flexibility index (Phi) is 5.40. The smallest absolute Gasteiger partial charge is 0.239 e. The average molecular weight is 260 g/mol.